The summed E-state index contributed by atoms with van der Waals surface area (Å²) in [6.45, 7) is 2.27. The Balaban J connectivity index is 1.75. The molecule has 0 aliphatic carbocycles. The molecule has 2 heterocycles. The van der Waals surface area contributed by atoms with Crippen molar-refractivity contribution >= 4 is 32.6 Å². The lowest BCUT2D eigenvalue weighted by Gasteiger charge is -2.21. The number of rotatable bonds is 6. The molecule has 12 heteroatoms. The Bertz CT molecular complexity index is 1310. The third-order valence-corrected chi connectivity index (χ3v) is 6.32. The monoisotopic (exact) mass is 512 g/mol. The molecule has 0 spiro atoms. The fourth-order valence-corrected chi connectivity index (χ4v) is 4.61. The highest BCUT2D eigenvalue weighted by molar-refractivity contribution is 7.22. The summed E-state index contributed by atoms with van der Waals surface area (Å²) in [5.41, 5.74) is -2.37. The number of thiazole rings is 1. The standard InChI is InChI=1S/C23H18F6N4OS/c1-14-4-2-5-18-19(14)31-21(35-18)33(8-3-7-32-9-6-30-13-32)20(34)15-10-16(22(24,25)26)12-17(11-15)23(27,28)29/h2,4-6,9-13H,3,7-8H2,1H3. The number of nitrogens with zero attached hydrogens (tertiary/aromatic N) is 4. The molecule has 0 fully saturated rings. The zero-order valence-corrected chi connectivity index (χ0v) is 19.0. The van der Waals surface area contributed by atoms with Crippen molar-refractivity contribution in [2.75, 3.05) is 11.4 Å². The first kappa shape index (κ1) is 24.7. The van der Waals surface area contributed by atoms with Gasteiger partial charge in [0, 0.05) is 31.0 Å². The van der Waals surface area contributed by atoms with E-state index >= 15 is 0 Å². The molecule has 0 aliphatic rings. The summed E-state index contributed by atoms with van der Waals surface area (Å²) in [5.74, 6) is -0.996. The zero-order valence-electron chi connectivity index (χ0n) is 18.2. The summed E-state index contributed by atoms with van der Waals surface area (Å²) in [6.07, 6.45) is -4.92. The van der Waals surface area contributed by atoms with Crippen molar-refractivity contribution in [3.05, 3.63) is 77.4 Å². The van der Waals surface area contributed by atoms with Crippen LogP contribution in [-0.4, -0.2) is 27.0 Å². The lowest BCUT2D eigenvalue weighted by molar-refractivity contribution is -0.143. The number of benzene rings is 2. The minimum Gasteiger partial charge on any atom is -0.337 e. The van der Waals surface area contributed by atoms with Crippen LogP contribution in [0.2, 0.25) is 0 Å². The number of halogens is 6. The second-order valence-electron chi connectivity index (χ2n) is 7.82. The van der Waals surface area contributed by atoms with Crippen molar-refractivity contribution in [2.24, 2.45) is 0 Å². The van der Waals surface area contributed by atoms with Crippen molar-refractivity contribution in [2.45, 2.75) is 32.2 Å². The van der Waals surface area contributed by atoms with E-state index in [1.54, 1.807) is 35.4 Å². The van der Waals surface area contributed by atoms with Crippen molar-refractivity contribution in [1.82, 2.24) is 14.5 Å². The molecule has 0 radical (unpaired) electrons. The molecule has 0 N–H and O–H groups in total. The number of fused-ring (bicyclic) bond motifs is 1. The van der Waals surface area contributed by atoms with Gasteiger partial charge in [0.25, 0.3) is 5.91 Å². The van der Waals surface area contributed by atoms with Gasteiger partial charge in [0.05, 0.1) is 27.7 Å². The van der Waals surface area contributed by atoms with Crippen LogP contribution >= 0.6 is 11.3 Å². The first-order valence-corrected chi connectivity index (χ1v) is 11.2. The fraction of sp³-hybridized carbons (Fsp3) is 0.261. The first-order valence-electron chi connectivity index (χ1n) is 10.4. The lowest BCUT2D eigenvalue weighted by Crippen LogP contribution is -2.33. The molecule has 0 saturated carbocycles. The van der Waals surface area contributed by atoms with Crippen LogP contribution in [-0.2, 0) is 18.9 Å². The first-order chi connectivity index (χ1) is 16.4. The van der Waals surface area contributed by atoms with Crippen LogP contribution in [0, 0.1) is 6.92 Å². The topological polar surface area (TPSA) is 51.0 Å². The van der Waals surface area contributed by atoms with E-state index in [9.17, 15) is 31.1 Å². The summed E-state index contributed by atoms with van der Waals surface area (Å²) in [6, 6.07) is 6.29. The minimum absolute atomic E-state index is 0.00120. The molecule has 1 amide bonds. The van der Waals surface area contributed by atoms with Crippen LogP contribution in [0.25, 0.3) is 10.2 Å². The summed E-state index contributed by atoms with van der Waals surface area (Å²) in [5, 5.41) is 0.191. The lowest BCUT2D eigenvalue weighted by atomic mass is 10.0. The summed E-state index contributed by atoms with van der Waals surface area (Å²) >= 11 is 1.14. The molecule has 184 valence electrons. The van der Waals surface area contributed by atoms with Gasteiger partial charge in [-0.05, 0) is 43.2 Å². The number of amides is 1. The second-order valence-corrected chi connectivity index (χ2v) is 8.83. The molecule has 2 aromatic heterocycles. The van der Waals surface area contributed by atoms with Crippen molar-refractivity contribution < 1.29 is 31.1 Å². The zero-order chi connectivity index (χ0) is 25.4. The van der Waals surface area contributed by atoms with Gasteiger partial charge in [0.15, 0.2) is 5.13 Å². The molecular formula is C23H18F6N4OS. The molecule has 5 nitrogen and oxygen atoms in total. The molecule has 35 heavy (non-hydrogen) atoms. The molecule has 4 rings (SSSR count). The summed E-state index contributed by atoms with van der Waals surface area (Å²) in [4.78, 5) is 22.9. The number of alkyl halides is 6. The van der Waals surface area contributed by atoms with E-state index in [-0.39, 0.29) is 17.7 Å². The number of anilines is 1. The summed E-state index contributed by atoms with van der Waals surface area (Å²) in [7, 11) is 0. The highest BCUT2D eigenvalue weighted by Gasteiger charge is 2.38. The number of carbonyl (C=O) groups excluding carboxylic acids is 1. The number of hydrogen-bond acceptors (Lipinski definition) is 4. The number of carbonyl (C=O) groups is 1. The van der Waals surface area contributed by atoms with Gasteiger partial charge in [-0.15, -0.1) is 0 Å². The maximum atomic E-state index is 13.4. The molecule has 0 unspecified atom stereocenters. The Morgan fingerprint density at radius 2 is 1.74 bits per heavy atom. The molecule has 0 aliphatic heterocycles. The quantitative estimate of drug-likeness (QED) is 0.275. The number of aryl methyl sites for hydroxylation is 2. The Labute approximate surface area is 199 Å². The van der Waals surface area contributed by atoms with Crippen LogP contribution in [0.1, 0.15) is 33.5 Å². The maximum Gasteiger partial charge on any atom is 0.416 e. The Hall–Kier alpha value is -3.41. The molecule has 2 aromatic carbocycles. The van der Waals surface area contributed by atoms with Gasteiger partial charge in [-0.2, -0.15) is 26.3 Å². The summed E-state index contributed by atoms with van der Waals surface area (Å²) < 4.78 is 82.6. The highest BCUT2D eigenvalue weighted by Crippen LogP contribution is 2.37. The van der Waals surface area contributed by atoms with Crippen molar-refractivity contribution in [3.63, 3.8) is 0 Å². The molecule has 0 bridgehead atoms. The van der Waals surface area contributed by atoms with Gasteiger partial charge >= 0.3 is 12.4 Å². The Morgan fingerprint density at radius 3 is 2.31 bits per heavy atom. The predicted molar refractivity (Wildman–Crippen MR) is 119 cm³/mol. The van der Waals surface area contributed by atoms with E-state index < -0.39 is 35.0 Å². The van der Waals surface area contributed by atoms with Gasteiger partial charge in [-0.25, -0.2) is 9.97 Å². The number of aromatic nitrogens is 3. The van der Waals surface area contributed by atoms with E-state index in [2.05, 4.69) is 9.97 Å². The van der Waals surface area contributed by atoms with E-state index in [1.807, 2.05) is 13.0 Å². The molecule has 4 aromatic rings. The fourth-order valence-electron chi connectivity index (χ4n) is 3.54. The largest absolute Gasteiger partial charge is 0.416 e. The molecular weight excluding hydrogens is 494 g/mol. The van der Waals surface area contributed by atoms with Crippen molar-refractivity contribution in [1.29, 1.82) is 0 Å². The number of imidazole rings is 1. The van der Waals surface area contributed by atoms with Gasteiger partial charge in [0.2, 0.25) is 0 Å². The van der Waals surface area contributed by atoms with Crippen LogP contribution in [0.15, 0.2) is 55.1 Å². The van der Waals surface area contributed by atoms with E-state index in [0.29, 0.717) is 30.6 Å². The Morgan fingerprint density at radius 1 is 1.06 bits per heavy atom. The number of para-hydroxylation sites is 1. The van der Waals surface area contributed by atoms with Crippen LogP contribution in [0.3, 0.4) is 0 Å². The van der Waals surface area contributed by atoms with Gasteiger partial charge in [-0.3, -0.25) is 9.69 Å². The van der Waals surface area contributed by atoms with Crippen LogP contribution in [0.4, 0.5) is 31.5 Å². The Kier molecular flexibility index (Phi) is 6.58. The van der Waals surface area contributed by atoms with Crippen LogP contribution in [0.5, 0.6) is 0 Å². The molecule has 0 atom stereocenters. The number of hydrogen-bond donors (Lipinski definition) is 0. The second kappa shape index (κ2) is 9.33. The molecule has 0 saturated heterocycles. The minimum atomic E-state index is -5.06. The highest BCUT2D eigenvalue weighted by atomic mass is 32.1. The smallest absolute Gasteiger partial charge is 0.337 e. The predicted octanol–water partition coefficient (Wildman–Crippen LogP) is 6.58. The average molecular weight is 512 g/mol. The maximum absolute atomic E-state index is 13.4. The van der Waals surface area contributed by atoms with Crippen molar-refractivity contribution in [3.8, 4) is 0 Å². The SMILES string of the molecule is Cc1cccc2sc(N(CCCn3ccnc3)C(=O)c3cc(C(F)(F)F)cc(C(F)(F)F)c3)nc12. The normalized spacial score (nSPS) is 12.3. The van der Waals surface area contributed by atoms with E-state index in [0.717, 1.165) is 26.5 Å². The third kappa shape index (κ3) is 5.47. The van der Waals surface area contributed by atoms with Gasteiger partial charge in [-0.1, -0.05) is 23.5 Å². The van der Waals surface area contributed by atoms with E-state index in [1.165, 1.54) is 0 Å². The van der Waals surface area contributed by atoms with Gasteiger partial charge < -0.3 is 4.57 Å². The van der Waals surface area contributed by atoms with E-state index in [4.69, 9.17) is 0 Å². The van der Waals surface area contributed by atoms with Crippen LogP contribution < -0.4 is 4.90 Å². The third-order valence-electron chi connectivity index (χ3n) is 5.28. The van der Waals surface area contributed by atoms with Gasteiger partial charge in [0.1, 0.15) is 0 Å². The average Bonchev–Trinajstić information content (AvgIpc) is 3.45.